The summed E-state index contributed by atoms with van der Waals surface area (Å²) in [6.07, 6.45) is 10.1. The molecular weight excluding hydrogens is 238 g/mol. The number of hydrogen-bond donors (Lipinski definition) is 1. The van der Waals surface area contributed by atoms with Gasteiger partial charge in [0, 0.05) is 12.1 Å². The summed E-state index contributed by atoms with van der Waals surface area (Å²) in [5, 5.41) is 3.89. The molecule has 3 saturated carbocycles. The Hall–Kier alpha value is -0.570. The molecule has 3 rings (SSSR count). The van der Waals surface area contributed by atoms with Gasteiger partial charge in [-0.3, -0.25) is 4.79 Å². The molecule has 3 heteroatoms. The third-order valence-electron chi connectivity index (χ3n) is 5.53. The van der Waals surface area contributed by atoms with Gasteiger partial charge < -0.3 is 10.1 Å². The highest BCUT2D eigenvalue weighted by molar-refractivity contribution is 5.72. The van der Waals surface area contributed by atoms with Crippen LogP contribution in [-0.4, -0.2) is 24.7 Å². The predicted molar refractivity (Wildman–Crippen MR) is 74.8 cm³/mol. The molecule has 3 unspecified atom stereocenters. The highest BCUT2D eigenvalue weighted by atomic mass is 16.5. The topological polar surface area (TPSA) is 38.3 Å². The van der Waals surface area contributed by atoms with E-state index in [9.17, 15) is 4.79 Å². The minimum atomic E-state index is 0.0286. The highest BCUT2D eigenvalue weighted by Gasteiger charge is 2.40. The molecule has 0 heterocycles. The fourth-order valence-corrected chi connectivity index (χ4v) is 4.51. The lowest BCUT2D eigenvalue weighted by Gasteiger charge is -2.33. The van der Waals surface area contributed by atoms with E-state index in [0.717, 1.165) is 43.6 Å². The van der Waals surface area contributed by atoms with Crippen molar-refractivity contribution in [3.05, 3.63) is 0 Å². The second-order valence-corrected chi connectivity index (χ2v) is 6.75. The van der Waals surface area contributed by atoms with E-state index in [1.807, 2.05) is 6.92 Å². The number of rotatable bonds is 4. The second-order valence-electron chi connectivity index (χ2n) is 6.75. The molecule has 2 bridgehead atoms. The predicted octanol–water partition coefficient (Wildman–Crippen LogP) is 2.89. The lowest BCUT2D eigenvalue weighted by molar-refractivity contribution is -0.149. The molecule has 1 N–H and O–H groups in total. The van der Waals surface area contributed by atoms with Crippen LogP contribution in [0.15, 0.2) is 0 Å². The molecule has 0 aliphatic heterocycles. The number of ether oxygens (including phenoxy) is 1. The number of carbonyl (C=O) groups is 1. The van der Waals surface area contributed by atoms with Crippen LogP contribution in [0.2, 0.25) is 0 Å². The van der Waals surface area contributed by atoms with Gasteiger partial charge in [0.2, 0.25) is 0 Å². The Morgan fingerprint density at radius 2 is 1.89 bits per heavy atom. The first-order valence-electron chi connectivity index (χ1n) is 8.19. The van der Waals surface area contributed by atoms with Crippen molar-refractivity contribution in [2.45, 2.75) is 70.4 Å². The van der Waals surface area contributed by atoms with Gasteiger partial charge in [-0.25, -0.2) is 0 Å². The van der Waals surface area contributed by atoms with Crippen LogP contribution in [0.4, 0.5) is 0 Å². The maximum Gasteiger partial charge on any atom is 0.308 e. The van der Waals surface area contributed by atoms with Crippen molar-refractivity contribution in [2.24, 2.45) is 17.8 Å². The van der Waals surface area contributed by atoms with Crippen molar-refractivity contribution in [2.75, 3.05) is 6.61 Å². The SMILES string of the molecule is CCOC(=O)C1CCC(NC2CC3CCC2C3)CC1. The first-order chi connectivity index (χ1) is 9.26. The van der Waals surface area contributed by atoms with Gasteiger partial charge in [0.15, 0.2) is 0 Å². The molecule has 3 fully saturated rings. The fraction of sp³-hybridized carbons (Fsp3) is 0.938. The normalized spacial score (nSPS) is 41.4. The molecule has 0 aromatic rings. The summed E-state index contributed by atoms with van der Waals surface area (Å²) in [5.74, 6) is 2.16. The molecule has 3 aliphatic rings. The number of esters is 1. The number of fused-ring (bicyclic) bond motifs is 2. The molecule has 108 valence electrons. The summed E-state index contributed by atoms with van der Waals surface area (Å²) in [6.45, 7) is 2.41. The van der Waals surface area contributed by atoms with Gasteiger partial charge >= 0.3 is 5.97 Å². The summed E-state index contributed by atoms with van der Waals surface area (Å²) in [6, 6.07) is 1.43. The molecule has 19 heavy (non-hydrogen) atoms. The van der Waals surface area contributed by atoms with Gasteiger partial charge in [-0.2, -0.15) is 0 Å². The Balaban J connectivity index is 1.42. The Morgan fingerprint density at radius 1 is 1.11 bits per heavy atom. The van der Waals surface area contributed by atoms with E-state index in [4.69, 9.17) is 4.74 Å². The van der Waals surface area contributed by atoms with Gasteiger partial charge in [-0.15, -0.1) is 0 Å². The molecule has 0 amide bonds. The van der Waals surface area contributed by atoms with Crippen LogP contribution in [0.1, 0.15) is 58.3 Å². The Kier molecular flexibility index (Phi) is 4.11. The van der Waals surface area contributed by atoms with Crippen molar-refractivity contribution in [1.82, 2.24) is 5.32 Å². The van der Waals surface area contributed by atoms with Crippen LogP contribution in [0.25, 0.3) is 0 Å². The minimum absolute atomic E-state index is 0.0286. The van der Waals surface area contributed by atoms with Crippen LogP contribution in [-0.2, 0) is 9.53 Å². The van der Waals surface area contributed by atoms with Gasteiger partial charge in [0.1, 0.15) is 0 Å². The van der Waals surface area contributed by atoms with Crippen LogP contribution in [0, 0.1) is 17.8 Å². The monoisotopic (exact) mass is 265 g/mol. The third-order valence-corrected chi connectivity index (χ3v) is 5.53. The zero-order chi connectivity index (χ0) is 13.2. The van der Waals surface area contributed by atoms with Crippen molar-refractivity contribution in [1.29, 1.82) is 0 Å². The van der Waals surface area contributed by atoms with E-state index >= 15 is 0 Å². The lowest BCUT2D eigenvalue weighted by atomic mass is 9.85. The number of hydrogen-bond acceptors (Lipinski definition) is 3. The van der Waals surface area contributed by atoms with E-state index < -0.39 is 0 Å². The smallest absolute Gasteiger partial charge is 0.308 e. The zero-order valence-electron chi connectivity index (χ0n) is 12.1. The standard InChI is InChI=1S/C16H27NO2/c1-2-19-16(18)12-5-7-14(8-6-12)17-15-10-11-3-4-13(15)9-11/h11-15,17H,2-10H2,1H3. The average molecular weight is 265 g/mol. The first kappa shape index (κ1) is 13.4. The molecule has 0 saturated heterocycles. The first-order valence-corrected chi connectivity index (χ1v) is 8.19. The van der Waals surface area contributed by atoms with E-state index in [1.165, 1.54) is 25.7 Å². The van der Waals surface area contributed by atoms with Crippen LogP contribution < -0.4 is 5.32 Å². The van der Waals surface area contributed by atoms with E-state index in [2.05, 4.69) is 5.32 Å². The quantitative estimate of drug-likeness (QED) is 0.794. The molecule has 3 nitrogen and oxygen atoms in total. The van der Waals surface area contributed by atoms with Gasteiger partial charge in [-0.1, -0.05) is 6.42 Å². The molecule has 3 atom stereocenters. The van der Waals surface area contributed by atoms with Crippen LogP contribution in [0.3, 0.4) is 0 Å². The highest BCUT2D eigenvalue weighted by Crippen LogP contribution is 2.45. The molecule has 0 aromatic carbocycles. The van der Waals surface area contributed by atoms with E-state index in [0.29, 0.717) is 12.6 Å². The van der Waals surface area contributed by atoms with Crippen LogP contribution >= 0.6 is 0 Å². The van der Waals surface area contributed by atoms with Gasteiger partial charge in [0.25, 0.3) is 0 Å². The molecule has 0 aromatic heterocycles. The summed E-state index contributed by atoms with van der Waals surface area (Å²) in [4.78, 5) is 11.7. The van der Waals surface area contributed by atoms with Crippen molar-refractivity contribution in [3.8, 4) is 0 Å². The molecule has 3 aliphatic carbocycles. The summed E-state index contributed by atoms with van der Waals surface area (Å²) < 4.78 is 5.13. The number of nitrogens with one attached hydrogen (secondary N) is 1. The molecule has 0 radical (unpaired) electrons. The lowest BCUT2D eigenvalue weighted by Crippen LogP contribution is -2.43. The van der Waals surface area contributed by atoms with Gasteiger partial charge in [-0.05, 0) is 63.7 Å². The summed E-state index contributed by atoms with van der Waals surface area (Å²) >= 11 is 0. The summed E-state index contributed by atoms with van der Waals surface area (Å²) in [5.41, 5.74) is 0. The summed E-state index contributed by atoms with van der Waals surface area (Å²) in [7, 11) is 0. The average Bonchev–Trinajstić information content (AvgIpc) is 3.02. The number of carbonyl (C=O) groups excluding carboxylic acids is 1. The Morgan fingerprint density at radius 3 is 2.47 bits per heavy atom. The maximum absolute atomic E-state index is 11.7. The molecular formula is C16H27NO2. The van der Waals surface area contributed by atoms with Crippen molar-refractivity contribution < 1.29 is 9.53 Å². The van der Waals surface area contributed by atoms with Crippen LogP contribution in [0.5, 0.6) is 0 Å². The minimum Gasteiger partial charge on any atom is -0.466 e. The second kappa shape index (κ2) is 5.82. The maximum atomic E-state index is 11.7. The van der Waals surface area contributed by atoms with E-state index in [-0.39, 0.29) is 11.9 Å². The van der Waals surface area contributed by atoms with Gasteiger partial charge in [0.05, 0.1) is 12.5 Å². The largest absolute Gasteiger partial charge is 0.466 e. The van der Waals surface area contributed by atoms with E-state index in [1.54, 1.807) is 0 Å². The van der Waals surface area contributed by atoms with Crippen molar-refractivity contribution in [3.63, 3.8) is 0 Å². The third kappa shape index (κ3) is 2.96. The zero-order valence-corrected chi connectivity index (χ0v) is 12.1. The fourth-order valence-electron chi connectivity index (χ4n) is 4.51. The van der Waals surface area contributed by atoms with Crippen molar-refractivity contribution >= 4 is 5.97 Å². The Bertz CT molecular complexity index is 323. The molecule has 0 spiro atoms. The Labute approximate surface area is 116 Å².